The molecule has 1 saturated heterocycles. The van der Waals surface area contributed by atoms with E-state index in [9.17, 15) is 4.79 Å². The van der Waals surface area contributed by atoms with Gasteiger partial charge in [-0.3, -0.25) is 9.69 Å². The van der Waals surface area contributed by atoms with Crippen molar-refractivity contribution in [3.05, 3.63) is 29.8 Å². The van der Waals surface area contributed by atoms with Gasteiger partial charge in [0.2, 0.25) is 5.91 Å². The van der Waals surface area contributed by atoms with Crippen LogP contribution in [0.3, 0.4) is 0 Å². The number of fused-ring (bicyclic) bond motifs is 1. The van der Waals surface area contributed by atoms with Crippen LogP contribution in [0.1, 0.15) is 5.56 Å². The summed E-state index contributed by atoms with van der Waals surface area (Å²) < 4.78 is 0. The van der Waals surface area contributed by atoms with Crippen molar-refractivity contribution in [2.45, 2.75) is 12.6 Å². The second kappa shape index (κ2) is 3.88. The minimum Gasteiger partial charge on any atom is -0.325 e. The molecule has 4 heteroatoms. The number of para-hydroxylation sites is 1. The molecular weight excluding hydrogens is 202 g/mol. The largest absolute Gasteiger partial charge is 0.325 e. The van der Waals surface area contributed by atoms with Crippen molar-refractivity contribution in [3.63, 3.8) is 0 Å². The number of anilines is 1. The molecule has 1 fully saturated rings. The topological polar surface area (TPSA) is 44.4 Å². The number of rotatable bonds is 1. The molecule has 0 spiro atoms. The zero-order valence-electron chi connectivity index (χ0n) is 9.07. The van der Waals surface area contributed by atoms with Gasteiger partial charge in [0.25, 0.3) is 0 Å². The van der Waals surface area contributed by atoms with E-state index in [-0.39, 0.29) is 5.91 Å². The molecule has 2 N–H and O–H groups in total. The number of nitrogens with zero attached hydrogens (tertiary/aromatic N) is 1. The number of carbonyl (C=O) groups excluding carboxylic acids is 1. The Bertz CT molecular complexity index is 414. The molecule has 84 valence electrons. The fourth-order valence-electron chi connectivity index (χ4n) is 2.22. The summed E-state index contributed by atoms with van der Waals surface area (Å²) in [7, 11) is 0. The van der Waals surface area contributed by atoms with Crippen molar-refractivity contribution < 1.29 is 4.79 Å². The van der Waals surface area contributed by atoms with Crippen molar-refractivity contribution in [3.8, 4) is 0 Å². The van der Waals surface area contributed by atoms with Crippen LogP contribution in [-0.4, -0.2) is 36.5 Å². The number of hydrogen-bond donors (Lipinski definition) is 2. The van der Waals surface area contributed by atoms with Gasteiger partial charge in [0.1, 0.15) is 0 Å². The van der Waals surface area contributed by atoms with Crippen LogP contribution in [0.4, 0.5) is 5.69 Å². The fraction of sp³-hybridized carbons (Fsp3) is 0.417. The highest BCUT2D eigenvalue weighted by Gasteiger charge is 2.28. The highest BCUT2D eigenvalue weighted by Crippen LogP contribution is 2.22. The Labute approximate surface area is 94.6 Å². The lowest BCUT2D eigenvalue weighted by atomic mass is 10.1. The average Bonchev–Trinajstić information content (AvgIpc) is 2.32. The van der Waals surface area contributed by atoms with Crippen LogP contribution in [0.25, 0.3) is 0 Å². The van der Waals surface area contributed by atoms with E-state index >= 15 is 0 Å². The molecule has 2 heterocycles. The van der Waals surface area contributed by atoms with E-state index < -0.39 is 0 Å². The lowest BCUT2D eigenvalue weighted by Gasteiger charge is -2.36. The Balaban J connectivity index is 1.88. The second-order valence-corrected chi connectivity index (χ2v) is 4.42. The van der Waals surface area contributed by atoms with Crippen LogP contribution in [0.15, 0.2) is 24.3 Å². The quantitative estimate of drug-likeness (QED) is 0.716. The van der Waals surface area contributed by atoms with E-state index in [0.29, 0.717) is 12.6 Å². The summed E-state index contributed by atoms with van der Waals surface area (Å²) >= 11 is 0. The van der Waals surface area contributed by atoms with Gasteiger partial charge in [0.05, 0.1) is 6.54 Å². The van der Waals surface area contributed by atoms with E-state index in [1.165, 1.54) is 5.56 Å². The van der Waals surface area contributed by atoms with Gasteiger partial charge in [-0.1, -0.05) is 18.2 Å². The number of hydrogen-bond acceptors (Lipinski definition) is 3. The molecule has 1 aromatic rings. The minimum atomic E-state index is 0.0943. The summed E-state index contributed by atoms with van der Waals surface area (Å²) in [5.74, 6) is 0.0943. The van der Waals surface area contributed by atoms with Gasteiger partial charge in [-0.05, 0) is 11.6 Å². The van der Waals surface area contributed by atoms with Gasteiger partial charge in [-0.2, -0.15) is 0 Å². The van der Waals surface area contributed by atoms with Crippen LogP contribution in [0, 0.1) is 0 Å². The minimum absolute atomic E-state index is 0.0943. The first-order valence-electron chi connectivity index (χ1n) is 5.65. The highest BCUT2D eigenvalue weighted by atomic mass is 16.2. The lowest BCUT2D eigenvalue weighted by molar-refractivity contribution is -0.118. The summed E-state index contributed by atoms with van der Waals surface area (Å²) in [5, 5.41) is 6.20. The van der Waals surface area contributed by atoms with E-state index in [0.717, 1.165) is 25.3 Å². The molecule has 0 saturated carbocycles. The van der Waals surface area contributed by atoms with Crippen molar-refractivity contribution in [1.82, 2.24) is 10.2 Å². The van der Waals surface area contributed by atoms with Crippen LogP contribution in [0.5, 0.6) is 0 Å². The van der Waals surface area contributed by atoms with Crippen LogP contribution in [0.2, 0.25) is 0 Å². The fourth-order valence-corrected chi connectivity index (χ4v) is 2.22. The number of carbonyl (C=O) groups is 1. The predicted molar refractivity (Wildman–Crippen MR) is 62.1 cm³/mol. The molecule has 3 rings (SSSR count). The first-order chi connectivity index (χ1) is 7.83. The Hall–Kier alpha value is -1.39. The first kappa shape index (κ1) is 9.81. The van der Waals surface area contributed by atoms with E-state index in [1.807, 2.05) is 18.2 Å². The van der Waals surface area contributed by atoms with Gasteiger partial charge in [0.15, 0.2) is 0 Å². The SMILES string of the molecule is O=C1CN(C2CNC2)Cc2ccccc2N1. The molecule has 0 radical (unpaired) electrons. The molecule has 0 aliphatic carbocycles. The summed E-state index contributed by atoms with van der Waals surface area (Å²) in [6.45, 7) is 3.35. The van der Waals surface area contributed by atoms with E-state index in [1.54, 1.807) is 0 Å². The smallest absolute Gasteiger partial charge is 0.238 e. The molecule has 16 heavy (non-hydrogen) atoms. The first-order valence-corrected chi connectivity index (χ1v) is 5.65. The third kappa shape index (κ3) is 1.70. The maximum atomic E-state index is 11.7. The molecule has 1 amide bonds. The predicted octanol–water partition coefficient (Wildman–Crippen LogP) is 0.412. The zero-order chi connectivity index (χ0) is 11.0. The monoisotopic (exact) mass is 217 g/mol. The van der Waals surface area contributed by atoms with Crippen LogP contribution < -0.4 is 10.6 Å². The molecule has 0 unspecified atom stereocenters. The highest BCUT2D eigenvalue weighted by molar-refractivity contribution is 5.93. The average molecular weight is 217 g/mol. The molecule has 1 aromatic carbocycles. The van der Waals surface area contributed by atoms with Gasteiger partial charge in [-0.25, -0.2) is 0 Å². The van der Waals surface area contributed by atoms with Gasteiger partial charge in [0, 0.05) is 31.4 Å². The number of nitrogens with one attached hydrogen (secondary N) is 2. The number of benzene rings is 1. The van der Waals surface area contributed by atoms with Gasteiger partial charge in [-0.15, -0.1) is 0 Å². The molecule has 0 bridgehead atoms. The Morgan fingerprint density at radius 1 is 1.19 bits per heavy atom. The molecule has 2 aliphatic heterocycles. The maximum absolute atomic E-state index is 11.7. The Morgan fingerprint density at radius 2 is 2.00 bits per heavy atom. The Morgan fingerprint density at radius 3 is 2.75 bits per heavy atom. The van der Waals surface area contributed by atoms with Crippen LogP contribution >= 0.6 is 0 Å². The third-order valence-corrected chi connectivity index (χ3v) is 3.29. The summed E-state index contributed by atoms with van der Waals surface area (Å²) in [5.41, 5.74) is 2.17. The van der Waals surface area contributed by atoms with Gasteiger partial charge < -0.3 is 10.6 Å². The second-order valence-electron chi connectivity index (χ2n) is 4.42. The third-order valence-electron chi connectivity index (χ3n) is 3.29. The molecule has 0 aromatic heterocycles. The Kier molecular flexibility index (Phi) is 2.38. The molecule has 0 atom stereocenters. The van der Waals surface area contributed by atoms with Crippen molar-refractivity contribution in [2.75, 3.05) is 25.0 Å². The van der Waals surface area contributed by atoms with Crippen molar-refractivity contribution in [2.24, 2.45) is 0 Å². The molecular formula is C12H15N3O. The van der Waals surface area contributed by atoms with E-state index in [2.05, 4.69) is 21.6 Å². The standard InChI is InChI=1S/C12H15N3O/c16-12-8-15(10-5-13-6-10)7-9-3-1-2-4-11(9)14-12/h1-4,10,13H,5-8H2,(H,14,16). The van der Waals surface area contributed by atoms with Crippen molar-refractivity contribution in [1.29, 1.82) is 0 Å². The summed E-state index contributed by atoms with van der Waals surface area (Å²) in [4.78, 5) is 14.0. The van der Waals surface area contributed by atoms with Crippen LogP contribution in [-0.2, 0) is 11.3 Å². The summed E-state index contributed by atoms with van der Waals surface area (Å²) in [6, 6.07) is 8.54. The van der Waals surface area contributed by atoms with Crippen molar-refractivity contribution >= 4 is 11.6 Å². The normalized spacial score (nSPS) is 21.9. The lowest BCUT2D eigenvalue weighted by Crippen LogP contribution is -2.57. The number of amides is 1. The summed E-state index contributed by atoms with van der Waals surface area (Å²) in [6.07, 6.45) is 0. The molecule has 4 nitrogen and oxygen atoms in total. The maximum Gasteiger partial charge on any atom is 0.238 e. The molecule has 2 aliphatic rings. The van der Waals surface area contributed by atoms with Gasteiger partial charge >= 0.3 is 0 Å². The van der Waals surface area contributed by atoms with E-state index in [4.69, 9.17) is 0 Å². The zero-order valence-corrected chi connectivity index (χ0v) is 9.07.